The van der Waals surface area contributed by atoms with Gasteiger partial charge < -0.3 is 5.73 Å². The Morgan fingerprint density at radius 2 is 2.11 bits per heavy atom. The van der Waals surface area contributed by atoms with Crippen molar-refractivity contribution >= 4 is 11.8 Å². The van der Waals surface area contributed by atoms with Crippen LogP contribution in [-0.2, 0) is 6.42 Å². The highest BCUT2D eigenvalue weighted by Crippen LogP contribution is 2.31. The fourth-order valence-electron chi connectivity index (χ4n) is 1.76. The molecule has 0 radical (unpaired) electrons. The van der Waals surface area contributed by atoms with Crippen molar-refractivity contribution in [3.8, 4) is 0 Å². The summed E-state index contributed by atoms with van der Waals surface area (Å²) < 4.78 is 14.0. The molecule has 0 fully saturated rings. The highest BCUT2D eigenvalue weighted by molar-refractivity contribution is 7.99. The molecule has 19 heavy (non-hydrogen) atoms. The number of benzene rings is 1. The molecular weight excluding hydrogens is 259 g/mol. The van der Waals surface area contributed by atoms with Crippen LogP contribution in [0.2, 0.25) is 0 Å². The highest BCUT2D eigenvalue weighted by Gasteiger charge is 2.13. The van der Waals surface area contributed by atoms with Gasteiger partial charge >= 0.3 is 0 Å². The SMILES string of the molecule is CCC(N)Cc1c(F)cccc1Sc1ccccn1. The van der Waals surface area contributed by atoms with Crippen LogP contribution in [0.25, 0.3) is 0 Å². The maximum atomic E-state index is 14.0. The molecule has 0 aliphatic carbocycles. The summed E-state index contributed by atoms with van der Waals surface area (Å²) in [5.74, 6) is -0.190. The van der Waals surface area contributed by atoms with Crippen LogP contribution in [0.15, 0.2) is 52.5 Å². The lowest BCUT2D eigenvalue weighted by Gasteiger charge is -2.13. The number of aromatic nitrogens is 1. The van der Waals surface area contributed by atoms with Crippen LogP contribution in [0.1, 0.15) is 18.9 Å². The van der Waals surface area contributed by atoms with Gasteiger partial charge in [-0.05, 0) is 37.1 Å². The lowest BCUT2D eigenvalue weighted by molar-refractivity contribution is 0.571. The van der Waals surface area contributed by atoms with E-state index in [9.17, 15) is 4.39 Å². The minimum Gasteiger partial charge on any atom is -0.327 e. The molecule has 1 unspecified atom stereocenters. The zero-order valence-electron chi connectivity index (χ0n) is 10.8. The molecule has 1 aromatic carbocycles. The van der Waals surface area contributed by atoms with Gasteiger partial charge in [0.25, 0.3) is 0 Å². The quantitative estimate of drug-likeness (QED) is 0.906. The van der Waals surface area contributed by atoms with E-state index in [4.69, 9.17) is 5.73 Å². The molecule has 0 aliphatic rings. The van der Waals surface area contributed by atoms with Crippen LogP contribution in [-0.4, -0.2) is 11.0 Å². The lowest BCUT2D eigenvalue weighted by Crippen LogP contribution is -2.22. The van der Waals surface area contributed by atoms with E-state index < -0.39 is 0 Å². The normalized spacial score (nSPS) is 12.4. The summed E-state index contributed by atoms with van der Waals surface area (Å²) in [6.07, 6.45) is 3.12. The third-order valence-electron chi connectivity index (χ3n) is 2.92. The van der Waals surface area contributed by atoms with Crippen molar-refractivity contribution in [1.29, 1.82) is 0 Å². The zero-order valence-corrected chi connectivity index (χ0v) is 11.7. The summed E-state index contributed by atoms with van der Waals surface area (Å²) in [6, 6.07) is 10.8. The van der Waals surface area contributed by atoms with Gasteiger partial charge in [0.05, 0.1) is 0 Å². The van der Waals surface area contributed by atoms with Gasteiger partial charge in [-0.1, -0.05) is 30.8 Å². The third kappa shape index (κ3) is 3.78. The Balaban J connectivity index is 2.27. The fourth-order valence-corrected chi connectivity index (χ4v) is 2.70. The van der Waals surface area contributed by atoms with E-state index in [0.29, 0.717) is 12.0 Å². The molecule has 100 valence electrons. The van der Waals surface area contributed by atoms with Crippen LogP contribution < -0.4 is 5.73 Å². The first-order valence-corrected chi connectivity index (χ1v) is 7.14. The van der Waals surface area contributed by atoms with Gasteiger partial charge in [-0.2, -0.15) is 0 Å². The van der Waals surface area contributed by atoms with Gasteiger partial charge in [-0.25, -0.2) is 9.37 Å². The Labute approximate surface area is 117 Å². The van der Waals surface area contributed by atoms with Crippen LogP contribution in [0.3, 0.4) is 0 Å². The van der Waals surface area contributed by atoms with E-state index >= 15 is 0 Å². The van der Waals surface area contributed by atoms with Crippen LogP contribution >= 0.6 is 11.8 Å². The minimum atomic E-state index is -0.190. The monoisotopic (exact) mass is 276 g/mol. The van der Waals surface area contributed by atoms with Gasteiger partial charge in [0.1, 0.15) is 10.8 Å². The molecule has 1 atom stereocenters. The van der Waals surface area contributed by atoms with Crippen molar-refractivity contribution in [3.63, 3.8) is 0 Å². The average Bonchev–Trinajstić information content (AvgIpc) is 2.43. The Hall–Kier alpha value is -1.39. The molecule has 4 heteroatoms. The summed E-state index contributed by atoms with van der Waals surface area (Å²) in [4.78, 5) is 5.14. The van der Waals surface area contributed by atoms with Crippen molar-refractivity contribution in [1.82, 2.24) is 4.98 Å². The minimum absolute atomic E-state index is 0.0139. The first-order valence-electron chi connectivity index (χ1n) is 6.32. The number of hydrogen-bond acceptors (Lipinski definition) is 3. The van der Waals surface area contributed by atoms with E-state index in [1.165, 1.54) is 17.8 Å². The molecule has 0 saturated carbocycles. The number of nitrogens with zero attached hydrogens (tertiary/aromatic N) is 1. The second kappa shape index (κ2) is 6.68. The summed E-state index contributed by atoms with van der Waals surface area (Å²) in [7, 11) is 0. The molecule has 0 amide bonds. The van der Waals surface area contributed by atoms with Gasteiger partial charge in [-0.3, -0.25) is 0 Å². The van der Waals surface area contributed by atoms with E-state index in [-0.39, 0.29) is 11.9 Å². The van der Waals surface area contributed by atoms with Crippen molar-refractivity contribution in [2.75, 3.05) is 0 Å². The van der Waals surface area contributed by atoms with E-state index in [1.807, 2.05) is 31.2 Å². The molecule has 1 heterocycles. The fraction of sp³-hybridized carbons (Fsp3) is 0.267. The maximum absolute atomic E-state index is 14.0. The molecule has 2 N–H and O–H groups in total. The molecule has 2 rings (SSSR count). The number of rotatable bonds is 5. The van der Waals surface area contributed by atoms with Crippen molar-refractivity contribution < 1.29 is 4.39 Å². The van der Waals surface area contributed by atoms with Crippen molar-refractivity contribution in [2.24, 2.45) is 5.73 Å². The number of hydrogen-bond donors (Lipinski definition) is 1. The van der Waals surface area contributed by atoms with Gasteiger partial charge in [0.2, 0.25) is 0 Å². The summed E-state index contributed by atoms with van der Waals surface area (Å²) in [5, 5.41) is 0.861. The summed E-state index contributed by atoms with van der Waals surface area (Å²) in [5.41, 5.74) is 6.63. The summed E-state index contributed by atoms with van der Waals surface area (Å²) in [6.45, 7) is 2.01. The molecule has 0 saturated heterocycles. The zero-order chi connectivity index (χ0) is 13.7. The largest absolute Gasteiger partial charge is 0.327 e. The number of nitrogens with two attached hydrogens (primary N) is 1. The first kappa shape index (κ1) is 14.0. The average molecular weight is 276 g/mol. The smallest absolute Gasteiger partial charge is 0.127 e. The lowest BCUT2D eigenvalue weighted by atomic mass is 10.0. The van der Waals surface area contributed by atoms with Crippen LogP contribution in [0.4, 0.5) is 4.39 Å². The molecular formula is C15H17FN2S. The van der Waals surface area contributed by atoms with Gasteiger partial charge in [0.15, 0.2) is 0 Å². The predicted molar refractivity (Wildman–Crippen MR) is 76.7 cm³/mol. The van der Waals surface area contributed by atoms with Gasteiger partial charge in [0, 0.05) is 22.7 Å². The molecule has 2 aromatic rings. The Morgan fingerprint density at radius 3 is 2.79 bits per heavy atom. The first-order chi connectivity index (χ1) is 9.20. The van der Waals surface area contributed by atoms with Gasteiger partial charge in [-0.15, -0.1) is 0 Å². The van der Waals surface area contributed by atoms with Crippen LogP contribution in [0, 0.1) is 5.82 Å². The highest BCUT2D eigenvalue weighted by atomic mass is 32.2. The molecule has 1 aromatic heterocycles. The molecule has 0 aliphatic heterocycles. The second-order valence-electron chi connectivity index (χ2n) is 4.36. The number of pyridine rings is 1. The van der Waals surface area contributed by atoms with E-state index in [2.05, 4.69) is 4.98 Å². The second-order valence-corrected chi connectivity index (χ2v) is 5.42. The Bertz CT molecular complexity index is 531. The predicted octanol–water partition coefficient (Wildman–Crippen LogP) is 3.65. The Morgan fingerprint density at radius 1 is 1.26 bits per heavy atom. The standard InChI is InChI=1S/C15H17FN2S/c1-2-11(17)10-12-13(16)6-5-7-14(12)19-15-8-3-4-9-18-15/h3-9,11H,2,10,17H2,1H3. The van der Waals surface area contributed by atoms with Crippen molar-refractivity contribution in [3.05, 3.63) is 54.0 Å². The molecule has 0 bridgehead atoms. The Kier molecular flexibility index (Phi) is 4.93. The third-order valence-corrected chi connectivity index (χ3v) is 3.97. The van der Waals surface area contributed by atoms with E-state index in [0.717, 1.165) is 16.3 Å². The summed E-state index contributed by atoms with van der Waals surface area (Å²) >= 11 is 1.47. The van der Waals surface area contributed by atoms with Crippen molar-refractivity contribution in [2.45, 2.75) is 35.7 Å². The topological polar surface area (TPSA) is 38.9 Å². The van der Waals surface area contributed by atoms with Crippen LogP contribution in [0.5, 0.6) is 0 Å². The molecule has 2 nitrogen and oxygen atoms in total. The van der Waals surface area contributed by atoms with E-state index in [1.54, 1.807) is 12.3 Å². The number of halogens is 1. The molecule has 0 spiro atoms. The maximum Gasteiger partial charge on any atom is 0.127 e.